The number of aliphatic hydroxyl groups excluding tert-OH is 13. The fourth-order valence-corrected chi connectivity index (χ4v) is 19.8. The van der Waals surface area contributed by atoms with E-state index in [0.29, 0.717) is 144 Å². The largest absolute Gasteiger partial charge is 0.491 e. The number of rotatable bonds is 59. The minimum absolute atomic E-state index is 0. The first-order valence-corrected chi connectivity index (χ1v) is 52.1. The molecule has 0 amide bonds. The average Bonchev–Trinajstić information content (AvgIpc) is 1.70. The Hall–Kier alpha value is -8.77. The minimum atomic E-state index is -3.21. The predicted molar refractivity (Wildman–Crippen MR) is 558 cm³/mol. The number of Topliss-reactive ketones (excluding diaryl/α,β-unsaturated/α-hetero) is 1. The molecule has 1 aliphatic heterocycles. The third-order valence-electron chi connectivity index (χ3n) is 26.8. The van der Waals surface area contributed by atoms with E-state index in [1.807, 2.05) is 123 Å². The molecule has 10 rings (SSSR count). The Morgan fingerprint density at radius 1 is 0.434 bits per heavy atom. The number of hydrogen-bond donors (Lipinski definition) is 17. The predicted octanol–water partition coefficient (Wildman–Crippen LogP) is 18.2. The molecular weight excluding hydrogens is 1890 g/mol. The molecule has 5 aromatic rings. The summed E-state index contributed by atoms with van der Waals surface area (Å²) in [5.74, 6) is -6.23. The van der Waals surface area contributed by atoms with Gasteiger partial charge in [0, 0.05) is 73.3 Å². The van der Waals surface area contributed by atoms with Crippen molar-refractivity contribution >= 4 is 41.4 Å². The average molecular weight is 2060 g/mol. The van der Waals surface area contributed by atoms with E-state index in [1.165, 1.54) is 40.6 Å². The standard InChI is InChI=1S/C23H35FO4S.C23H34O6.C23H34O5.C22H28F2O5.C22H30O6.2CH4/c1-16(25)8-4-2-3-5-9-18-19(22(28)14-21(18)27)13-12-17(26)15-29-23-11-7-6-10-20(23)24;1-16-7-6-8-17(13-16)11-12-18(24)15-29-23-19(20(25)14-21(23)26)9-4-2-3-5-10-22(27)28;24-18(13-12-17-8-4-3-5-9-17)14-15-20-19(21(25)16-22(20)26)10-6-1-2-7-11-23(27)28;23-22(24,15-29-16-8-4-3-5-9-16)13-12-18-17(19(25)14-20(18)26)10-6-1-2-7-11-21(27)28;1-16-7-6-8-18(13-16)27-14-17(23)11-12-21-19(20(24)15-28-21)9-4-2-3-5-10-22(25)26;;/h6-7,10-11,17-19,21-22,26-28H,2-5,8-9,12-15H2,1H3;2,4,6-8,13,18-21,23-26H,3,5,9-12,14-15H2,1H3,(H,27,28);1,3-6,8-9,18-22,24-26H,2,7,10-16H2,(H,27,28);1,3-6,8-9,12-13,17-20,25-26H,2,7,10-11,14-15H2,(H,27,28);2-3,6-8,11-13,17,19-21,23-24H,4-5,9-10,14-15H2,1H3,(H,25,26);2*1H4/b;4-2-;6-1-;6-1-,13-12+;3-2-,12-11+;;/t17-,18-,19-,21+,22-;18-,19-,20-,21+,23+;18-,19+,20+,21-,22+;17-,18-,19+,20-;17-,19+,20+,21-;;/m10011../s1. The van der Waals surface area contributed by atoms with Crippen molar-refractivity contribution in [3.63, 3.8) is 0 Å². The van der Waals surface area contributed by atoms with E-state index in [2.05, 4.69) is 18.2 Å². The van der Waals surface area contributed by atoms with Crippen LogP contribution >= 0.6 is 11.8 Å². The Morgan fingerprint density at radius 2 is 0.917 bits per heavy atom. The Bertz CT molecular complexity index is 4560. The van der Waals surface area contributed by atoms with Crippen LogP contribution in [0.4, 0.5) is 13.2 Å². The molecule has 23 atom stereocenters. The molecule has 26 nitrogen and oxygen atoms in total. The molecule has 0 aromatic heterocycles. The van der Waals surface area contributed by atoms with Crippen LogP contribution in [0.25, 0.3) is 0 Å². The number of carboxylic acids is 4. The molecule has 5 fully saturated rings. The monoisotopic (exact) mass is 2060 g/mol. The molecular formula is C115H169F3O26S. The summed E-state index contributed by atoms with van der Waals surface area (Å²) in [5.41, 5.74) is 4.67. The lowest BCUT2D eigenvalue weighted by Crippen LogP contribution is -2.33. The second kappa shape index (κ2) is 72.6. The van der Waals surface area contributed by atoms with Crippen LogP contribution in [0.15, 0.2) is 211 Å². The molecule has 1 saturated heterocycles. The topological polar surface area (TPSA) is 466 Å². The molecule has 0 unspecified atom stereocenters. The van der Waals surface area contributed by atoms with Crippen molar-refractivity contribution in [3.05, 3.63) is 234 Å². The van der Waals surface area contributed by atoms with Gasteiger partial charge in [-0.25, -0.2) is 4.39 Å². The summed E-state index contributed by atoms with van der Waals surface area (Å²) < 4.78 is 64.1. The zero-order chi connectivity index (χ0) is 104. The van der Waals surface area contributed by atoms with Crippen LogP contribution in [0.1, 0.15) is 249 Å². The molecule has 1 heterocycles. The van der Waals surface area contributed by atoms with Crippen LogP contribution in [-0.2, 0) is 46.3 Å². The lowest BCUT2D eigenvalue weighted by atomic mass is 9.85. The van der Waals surface area contributed by atoms with Crippen molar-refractivity contribution in [1.82, 2.24) is 0 Å². The third kappa shape index (κ3) is 53.3. The van der Waals surface area contributed by atoms with Crippen LogP contribution < -0.4 is 9.47 Å². The number of carbonyl (C=O) groups excluding carboxylic acids is 1. The molecule has 4 saturated carbocycles. The van der Waals surface area contributed by atoms with Gasteiger partial charge in [-0.3, -0.25) is 19.2 Å². The van der Waals surface area contributed by atoms with Crippen LogP contribution in [-0.4, -0.2) is 246 Å². The number of alkyl halides is 2. The number of aliphatic carboxylic acids is 4. The van der Waals surface area contributed by atoms with Crippen LogP contribution in [0, 0.1) is 67.0 Å². The van der Waals surface area contributed by atoms with Gasteiger partial charge in [0.1, 0.15) is 35.8 Å². The van der Waals surface area contributed by atoms with Gasteiger partial charge in [0.25, 0.3) is 5.92 Å². The third-order valence-corrected chi connectivity index (χ3v) is 28.0. The lowest BCUT2D eigenvalue weighted by Gasteiger charge is -2.24. The van der Waals surface area contributed by atoms with Gasteiger partial charge in [-0.1, -0.05) is 204 Å². The lowest BCUT2D eigenvalue weighted by molar-refractivity contribution is -0.138. The molecule has 4 aliphatic carbocycles. The van der Waals surface area contributed by atoms with Gasteiger partial charge < -0.3 is 111 Å². The van der Waals surface area contributed by atoms with Crippen LogP contribution in [0.5, 0.6) is 11.5 Å². The van der Waals surface area contributed by atoms with E-state index in [9.17, 15) is 104 Å². The first kappa shape index (κ1) is 129. The number of thioether (sulfide) groups is 1. The van der Waals surface area contributed by atoms with E-state index in [0.717, 1.165) is 69.4 Å². The second-order valence-electron chi connectivity index (χ2n) is 38.7. The van der Waals surface area contributed by atoms with Crippen molar-refractivity contribution in [1.29, 1.82) is 0 Å². The summed E-state index contributed by atoms with van der Waals surface area (Å²) in [6, 6.07) is 40.8. The highest BCUT2D eigenvalue weighted by Crippen LogP contribution is 2.43. The molecule has 17 N–H and O–H groups in total. The summed E-state index contributed by atoms with van der Waals surface area (Å²) in [6.45, 7) is 5.37. The first-order chi connectivity index (χ1) is 68.4. The molecule has 0 spiro atoms. The van der Waals surface area contributed by atoms with E-state index in [1.54, 1.807) is 67.6 Å². The summed E-state index contributed by atoms with van der Waals surface area (Å²) in [6.07, 6.45) is 31.7. The van der Waals surface area contributed by atoms with E-state index >= 15 is 0 Å². The summed E-state index contributed by atoms with van der Waals surface area (Å²) in [4.78, 5) is 53.5. The molecule has 145 heavy (non-hydrogen) atoms. The number of aliphatic hydroxyl groups is 13. The highest BCUT2D eigenvalue weighted by molar-refractivity contribution is 7.99. The number of para-hydroxylation sites is 1. The van der Waals surface area contributed by atoms with Crippen molar-refractivity contribution < 1.29 is 143 Å². The molecule has 30 heteroatoms. The molecule has 5 aliphatic rings. The van der Waals surface area contributed by atoms with Gasteiger partial charge in [0.15, 0.2) is 6.61 Å². The number of halogens is 3. The molecule has 5 aromatic carbocycles. The maximum Gasteiger partial charge on any atom is 0.303 e. The Balaban J connectivity index is 0.000000376. The van der Waals surface area contributed by atoms with Crippen LogP contribution in [0.3, 0.4) is 0 Å². The highest BCUT2D eigenvalue weighted by atomic mass is 32.2. The number of carboxylic acid groups (broad SMARTS) is 4. The number of benzene rings is 5. The van der Waals surface area contributed by atoms with Crippen molar-refractivity contribution in [2.24, 2.45) is 47.3 Å². The van der Waals surface area contributed by atoms with Gasteiger partial charge in [0.2, 0.25) is 0 Å². The zero-order valence-electron chi connectivity index (χ0n) is 83.3. The van der Waals surface area contributed by atoms with Gasteiger partial charge in [-0.2, -0.15) is 8.78 Å². The second-order valence-corrected chi connectivity index (χ2v) is 39.8. The Morgan fingerprint density at radius 3 is 1.52 bits per heavy atom. The van der Waals surface area contributed by atoms with Gasteiger partial charge in [-0.05, 0) is 264 Å². The van der Waals surface area contributed by atoms with Crippen molar-refractivity contribution in [2.75, 3.05) is 32.2 Å². The number of carbonyl (C=O) groups is 5. The first-order valence-electron chi connectivity index (χ1n) is 51.1. The molecule has 0 bridgehead atoms. The summed E-state index contributed by atoms with van der Waals surface area (Å²) >= 11 is 1.30. The van der Waals surface area contributed by atoms with Gasteiger partial charge >= 0.3 is 23.9 Å². The summed E-state index contributed by atoms with van der Waals surface area (Å²) in [5, 5.41) is 168. The molecule has 0 radical (unpaired) electrons. The highest BCUT2D eigenvalue weighted by Gasteiger charge is 2.45. The van der Waals surface area contributed by atoms with E-state index in [4.69, 9.17) is 39.4 Å². The fourth-order valence-electron chi connectivity index (χ4n) is 18.9. The van der Waals surface area contributed by atoms with Crippen molar-refractivity contribution in [2.45, 2.75) is 356 Å². The Labute approximate surface area is 861 Å². The maximum atomic E-state index is 14.2. The van der Waals surface area contributed by atoms with E-state index < -0.39 is 128 Å². The number of allylic oxidation sites excluding steroid dienone is 8. The quantitative estimate of drug-likeness (QED) is 0.00976. The maximum absolute atomic E-state index is 14.2. The number of ketones is 1. The number of unbranched alkanes of at least 4 members (excludes halogenated alkanes) is 6. The number of ether oxygens (including phenoxy) is 4. The fraction of sp³-hybridized carbons (Fsp3) is 0.591. The smallest absolute Gasteiger partial charge is 0.303 e. The van der Waals surface area contributed by atoms with Crippen LogP contribution in [0.2, 0.25) is 0 Å². The van der Waals surface area contributed by atoms with Gasteiger partial charge in [0.05, 0.1) is 98.7 Å². The van der Waals surface area contributed by atoms with Gasteiger partial charge in [-0.15, -0.1) is 11.8 Å². The van der Waals surface area contributed by atoms with Crippen molar-refractivity contribution in [3.8, 4) is 11.5 Å². The number of hydrogen-bond acceptors (Lipinski definition) is 23. The molecule has 812 valence electrons. The zero-order valence-corrected chi connectivity index (χ0v) is 84.1. The summed E-state index contributed by atoms with van der Waals surface area (Å²) in [7, 11) is 0. The normalized spacial score (nSPS) is 24.7. The number of aryl methyl sites for hydroxylation is 4. The minimum Gasteiger partial charge on any atom is -0.491 e. The van der Waals surface area contributed by atoms with E-state index in [-0.39, 0.29) is 132 Å². The SMILES string of the molecule is C.C.CC(=O)CCCCCC[C@@H]1[C@@H](CC[C@@H](O)CSc2ccccc2F)[C@H](O)C[C@@H]1O.Cc1cccc(CC[C@H](O)CO[C@@H]2[C@@H](C/C=C\CCCC(=O)O)[C@@H](O)C[C@H]2O)c1.Cc1cccc(OC[C@H](O)/C=C/[C@H]2OC[C@H](O)[C@@H]2CC/C=C\CCC(=O)O)c1.O=C(O)CCC/C=C\C[C@@H]1[C@@H](/C=C/C(F)(F)COc2ccccc2)[C@H](O)C[C@@H]1O.O=C(O)CCC/C=C\C[C@@H]1[C@@H](CC[C@@H](O)CCc2ccccc2)[C@H](O)C[C@@H]1O. The Kier molecular flexibility index (Phi) is 64.3.